The minimum atomic E-state index is -0.429. The number of hydrogen-bond acceptors (Lipinski definition) is 2. The van der Waals surface area contributed by atoms with Crippen LogP contribution in [0.4, 0.5) is 4.39 Å². The van der Waals surface area contributed by atoms with Crippen molar-refractivity contribution in [2.24, 2.45) is 0 Å². The van der Waals surface area contributed by atoms with Gasteiger partial charge in [0.05, 0.1) is 10.4 Å². The molecule has 0 radical (unpaired) electrons. The van der Waals surface area contributed by atoms with E-state index in [1.807, 2.05) is 32.9 Å². The number of carbonyl (C=O) groups is 1. The van der Waals surface area contributed by atoms with Crippen molar-refractivity contribution in [3.8, 4) is 0 Å². The van der Waals surface area contributed by atoms with E-state index >= 15 is 0 Å². The Morgan fingerprint density at radius 1 is 1.06 bits per heavy atom. The summed E-state index contributed by atoms with van der Waals surface area (Å²) >= 11 is 1.42. The molecule has 0 amide bonds. The van der Waals surface area contributed by atoms with E-state index in [-0.39, 0.29) is 11.3 Å². The quantitative estimate of drug-likeness (QED) is 0.735. The molecule has 0 fully saturated rings. The molecule has 0 bridgehead atoms. The number of hydrogen-bond donors (Lipinski definition) is 0. The zero-order valence-corrected chi connectivity index (χ0v) is 11.7. The molecule has 0 atom stereocenters. The minimum Gasteiger partial charge on any atom is -0.288 e. The Hall–Kier alpha value is -1.48. The Morgan fingerprint density at radius 2 is 1.72 bits per heavy atom. The smallest absolute Gasteiger partial charge is 0.206 e. The highest BCUT2D eigenvalue weighted by molar-refractivity contribution is 7.14. The molecular weight excluding hydrogens is 247 g/mol. The maximum Gasteiger partial charge on any atom is 0.206 e. The van der Waals surface area contributed by atoms with Crippen molar-refractivity contribution in [2.45, 2.75) is 27.7 Å². The highest BCUT2D eigenvalue weighted by Gasteiger charge is 2.19. The predicted octanol–water partition coefficient (Wildman–Crippen LogP) is 4.35. The van der Waals surface area contributed by atoms with Crippen molar-refractivity contribution < 1.29 is 9.18 Å². The maximum absolute atomic E-state index is 13.9. The van der Waals surface area contributed by atoms with Crippen LogP contribution < -0.4 is 0 Å². The van der Waals surface area contributed by atoms with Gasteiger partial charge in [0, 0.05) is 4.88 Å². The third-order valence-electron chi connectivity index (χ3n) is 3.05. The largest absolute Gasteiger partial charge is 0.288 e. The Balaban J connectivity index is 2.52. The third-order valence-corrected chi connectivity index (χ3v) is 4.20. The van der Waals surface area contributed by atoms with Crippen molar-refractivity contribution in [1.29, 1.82) is 0 Å². The van der Waals surface area contributed by atoms with Gasteiger partial charge in [0.1, 0.15) is 5.82 Å². The summed E-state index contributed by atoms with van der Waals surface area (Å²) in [4.78, 5) is 14.0. The standard InChI is InChI=1S/C15H15FOS/c1-8-5-10(3)14(12(16)6-8)15(17)13-7-9(2)11(4)18-13/h5-7H,1-4H3. The van der Waals surface area contributed by atoms with E-state index in [4.69, 9.17) is 0 Å². The summed E-state index contributed by atoms with van der Waals surface area (Å²) in [6.07, 6.45) is 0. The molecule has 3 heteroatoms. The summed E-state index contributed by atoms with van der Waals surface area (Å²) in [5.41, 5.74) is 2.80. The fraction of sp³-hybridized carbons (Fsp3) is 0.267. The van der Waals surface area contributed by atoms with Gasteiger partial charge in [0.25, 0.3) is 0 Å². The first-order valence-corrected chi connectivity index (χ1v) is 6.60. The molecule has 0 aliphatic rings. The number of ketones is 1. The molecule has 0 N–H and O–H groups in total. The van der Waals surface area contributed by atoms with Crippen molar-refractivity contribution >= 4 is 17.1 Å². The third kappa shape index (κ3) is 2.23. The molecule has 1 nitrogen and oxygen atoms in total. The van der Waals surface area contributed by atoms with Crippen LogP contribution in [-0.4, -0.2) is 5.78 Å². The summed E-state index contributed by atoms with van der Waals surface area (Å²) in [5, 5.41) is 0. The highest BCUT2D eigenvalue weighted by atomic mass is 32.1. The monoisotopic (exact) mass is 262 g/mol. The fourth-order valence-electron chi connectivity index (χ4n) is 2.01. The molecule has 0 spiro atoms. The van der Waals surface area contributed by atoms with Crippen molar-refractivity contribution in [1.82, 2.24) is 0 Å². The minimum absolute atomic E-state index is 0.196. The van der Waals surface area contributed by atoms with Gasteiger partial charge in [-0.3, -0.25) is 4.79 Å². The fourth-order valence-corrected chi connectivity index (χ4v) is 2.99. The van der Waals surface area contributed by atoms with E-state index in [2.05, 4.69) is 0 Å². The van der Waals surface area contributed by atoms with Crippen LogP contribution in [0.25, 0.3) is 0 Å². The second-order valence-electron chi connectivity index (χ2n) is 4.62. The average molecular weight is 262 g/mol. The van der Waals surface area contributed by atoms with Gasteiger partial charge in [-0.05, 0) is 56.5 Å². The predicted molar refractivity (Wildman–Crippen MR) is 73.1 cm³/mol. The number of aryl methyl sites for hydroxylation is 4. The van der Waals surface area contributed by atoms with Crippen LogP contribution in [0.2, 0.25) is 0 Å². The lowest BCUT2D eigenvalue weighted by molar-refractivity contribution is 0.103. The van der Waals surface area contributed by atoms with Gasteiger partial charge >= 0.3 is 0 Å². The zero-order chi connectivity index (χ0) is 13.4. The van der Waals surface area contributed by atoms with Gasteiger partial charge in [-0.25, -0.2) is 4.39 Å². The van der Waals surface area contributed by atoms with Gasteiger partial charge in [0.15, 0.2) is 0 Å². The lowest BCUT2D eigenvalue weighted by Crippen LogP contribution is -2.05. The molecule has 0 aliphatic carbocycles. The first-order chi connectivity index (χ1) is 8.40. The molecule has 2 aromatic rings. The summed E-state index contributed by atoms with van der Waals surface area (Å²) in [7, 11) is 0. The molecule has 1 heterocycles. The Morgan fingerprint density at radius 3 is 2.22 bits per heavy atom. The van der Waals surface area contributed by atoms with E-state index in [1.54, 1.807) is 6.92 Å². The van der Waals surface area contributed by atoms with Gasteiger partial charge in [-0.2, -0.15) is 0 Å². The molecule has 94 valence electrons. The average Bonchev–Trinajstić information content (AvgIpc) is 2.57. The second-order valence-corrected chi connectivity index (χ2v) is 5.87. The second kappa shape index (κ2) is 4.65. The zero-order valence-electron chi connectivity index (χ0n) is 10.9. The number of thiophene rings is 1. The molecule has 1 aromatic carbocycles. The first kappa shape index (κ1) is 13.0. The van der Waals surface area contributed by atoms with Crippen LogP contribution in [0.1, 0.15) is 36.8 Å². The molecule has 0 saturated carbocycles. The van der Waals surface area contributed by atoms with Gasteiger partial charge < -0.3 is 0 Å². The summed E-state index contributed by atoms with van der Waals surface area (Å²) in [6.45, 7) is 7.52. The van der Waals surface area contributed by atoms with E-state index in [0.717, 1.165) is 16.0 Å². The summed E-state index contributed by atoms with van der Waals surface area (Å²) < 4.78 is 13.9. The number of halogens is 1. The summed E-state index contributed by atoms with van der Waals surface area (Å²) in [6, 6.07) is 5.08. The molecule has 0 unspecified atom stereocenters. The Labute approximate surface area is 110 Å². The molecule has 0 aliphatic heterocycles. The topological polar surface area (TPSA) is 17.1 Å². The van der Waals surface area contributed by atoms with Crippen LogP contribution >= 0.6 is 11.3 Å². The van der Waals surface area contributed by atoms with Crippen LogP contribution in [0, 0.1) is 33.5 Å². The van der Waals surface area contributed by atoms with Crippen LogP contribution in [0.3, 0.4) is 0 Å². The van der Waals surface area contributed by atoms with Gasteiger partial charge in [0.2, 0.25) is 5.78 Å². The lowest BCUT2D eigenvalue weighted by atomic mass is 10.0. The normalized spacial score (nSPS) is 10.7. The van der Waals surface area contributed by atoms with Crippen LogP contribution in [0.15, 0.2) is 18.2 Å². The Kier molecular flexibility index (Phi) is 3.35. The number of rotatable bonds is 2. The molecular formula is C15H15FOS. The Bertz CT molecular complexity index is 583. The maximum atomic E-state index is 13.9. The van der Waals surface area contributed by atoms with E-state index in [1.165, 1.54) is 17.4 Å². The molecule has 18 heavy (non-hydrogen) atoms. The molecule has 2 rings (SSSR count). The summed E-state index contributed by atoms with van der Waals surface area (Å²) in [5.74, 6) is -0.646. The van der Waals surface area contributed by atoms with E-state index < -0.39 is 5.82 Å². The number of carbonyl (C=O) groups excluding carboxylic acids is 1. The van der Waals surface area contributed by atoms with E-state index in [9.17, 15) is 9.18 Å². The van der Waals surface area contributed by atoms with Crippen molar-refractivity contribution in [3.05, 3.63) is 56.0 Å². The van der Waals surface area contributed by atoms with E-state index in [0.29, 0.717) is 10.4 Å². The molecule has 1 aromatic heterocycles. The molecule has 0 saturated heterocycles. The van der Waals surface area contributed by atoms with Gasteiger partial charge in [-0.15, -0.1) is 11.3 Å². The van der Waals surface area contributed by atoms with Crippen LogP contribution in [-0.2, 0) is 0 Å². The SMILES string of the molecule is Cc1cc(C)c(C(=O)c2cc(C)c(C)s2)c(F)c1. The first-order valence-electron chi connectivity index (χ1n) is 5.78. The highest BCUT2D eigenvalue weighted by Crippen LogP contribution is 2.26. The van der Waals surface area contributed by atoms with Crippen molar-refractivity contribution in [3.63, 3.8) is 0 Å². The van der Waals surface area contributed by atoms with Crippen molar-refractivity contribution in [2.75, 3.05) is 0 Å². The van der Waals surface area contributed by atoms with Gasteiger partial charge in [-0.1, -0.05) is 6.07 Å². The van der Waals surface area contributed by atoms with Crippen LogP contribution in [0.5, 0.6) is 0 Å². The number of benzene rings is 1. The lowest BCUT2D eigenvalue weighted by Gasteiger charge is -2.06.